The minimum absolute atomic E-state index is 0.231. The number of fused-ring (bicyclic) bond motifs is 5. The van der Waals surface area contributed by atoms with Crippen molar-refractivity contribution in [2.24, 2.45) is 4.40 Å². The molecule has 0 aliphatic carbocycles. The topological polar surface area (TPSA) is 65.0 Å². The summed E-state index contributed by atoms with van der Waals surface area (Å²) in [6.45, 7) is 4.20. The molecule has 4 aliphatic heterocycles. The molecule has 2 aromatic rings. The molecule has 4 aliphatic rings. The van der Waals surface area contributed by atoms with Gasteiger partial charge in [-0.3, -0.25) is 0 Å². The van der Waals surface area contributed by atoms with Gasteiger partial charge in [0.15, 0.2) is 5.84 Å². The number of nitrogens with zero attached hydrogens (tertiary/aromatic N) is 3. The van der Waals surface area contributed by atoms with Crippen LogP contribution in [0.1, 0.15) is 18.4 Å². The summed E-state index contributed by atoms with van der Waals surface area (Å²) in [7, 11) is -3.79. The van der Waals surface area contributed by atoms with Crippen LogP contribution in [0.2, 0.25) is 5.02 Å². The van der Waals surface area contributed by atoms with Crippen LogP contribution in [0.4, 0.5) is 11.4 Å². The van der Waals surface area contributed by atoms with Crippen molar-refractivity contribution in [1.82, 2.24) is 4.90 Å². The first kappa shape index (κ1) is 18.0. The van der Waals surface area contributed by atoms with E-state index in [1.807, 2.05) is 12.1 Å². The Morgan fingerprint density at radius 2 is 1.86 bits per heavy atom. The minimum Gasteiger partial charge on any atom is -0.367 e. The van der Waals surface area contributed by atoms with Gasteiger partial charge in [-0.25, -0.2) is 0 Å². The molecule has 2 aromatic carbocycles. The quantitative estimate of drug-likeness (QED) is 0.814. The molecule has 3 fully saturated rings. The van der Waals surface area contributed by atoms with Crippen LogP contribution in [-0.2, 0) is 10.0 Å². The molecular formula is C20H21ClN4O2S. The standard InChI is InChI=1S/C20H21ClN4O2S/c21-15-3-1-2-14(12-15)20-22-18-5-4-17(13-19(18)28(26,27)23-20)25-11-10-24-8-6-16(25)7-9-24/h1-5,12-13,16H,6-11H2,(H,22,23). The average Bonchev–Trinajstić information content (AvgIpc) is 3.01. The van der Waals surface area contributed by atoms with E-state index in [1.54, 1.807) is 30.3 Å². The average molecular weight is 417 g/mol. The second-order valence-electron chi connectivity index (χ2n) is 7.50. The van der Waals surface area contributed by atoms with Crippen LogP contribution in [0.5, 0.6) is 0 Å². The zero-order valence-electron chi connectivity index (χ0n) is 15.3. The summed E-state index contributed by atoms with van der Waals surface area (Å²) in [6, 6.07) is 13.1. The van der Waals surface area contributed by atoms with Crippen LogP contribution in [0.25, 0.3) is 0 Å². The van der Waals surface area contributed by atoms with Crippen molar-refractivity contribution in [1.29, 1.82) is 0 Å². The third kappa shape index (κ3) is 3.17. The maximum Gasteiger partial charge on any atom is 0.286 e. The lowest BCUT2D eigenvalue weighted by Crippen LogP contribution is -2.38. The van der Waals surface area contributed by atoms with E-state index in [0.717, 1.165) is 44.7 Å². The molecule has 8 heteroatoms. The van der Waals surface area contributed by atoms with E-state index >= 15 is 0 Å². The lowest BCUT2D eigenvalue weighted by molar-refractivity contribution is 0.250. The van der Waals surface area contributed by atoms with Crippen LogP contribution in [0.15, 0.2) is 51.8 Å². The Balaban J connectivity index is 1.51. The van der Waals surface area contributed by atoms with Gasteiger partial charge in [0.25, 0.3) is 10.0 Å². The van der Waals surface area contributed by atoms with Gasteiger partial charge >= 0.3 is 0 Å². The number of rotatable bonds is 2. The summed E-state index contributed by atoms with van der Waals surface area (Å²) in [5.74, 6) is 0.295. The van der Waals surface area contributed by atoms with Gasteiger partial charge < -0.3 is 15.1 Å². The third-order valence-electron chi connectivity index (χ3n) is 5.79. The molecule has 146 valence electrons. The number of anilines is 2. The summed E-state index contributed by atoms with van der Waals surface area (Å²) < 4.78 is 29.8. The summed E-state index contributed by atoms with van der Waals surface area (Å²) >= 11 is 6.05. The zero-order valence-corrected chi connectivity index (χ0v) is 16.9. The first-order valence-electron chi connectivity index (χ1n) is 9.51. The normalized spacial score (nSPS) is 25.5. The zero-order chi connectivity index (χ0) is 19.3. The van der Waals surface area contributed by atoms with Gasteiger partial charge in [0, 0.05) is 48.5 Å². The van der Waals surface area contributed by atoms with E-state index in [2.05, 4.69) is 19.5 Å². The van der Waals surface area contributed by atoms with Crippen LogP contribution in [0, 0.1) is 0 Å². The van der Waals surface area contributed by atoms with E-state index in [0.29, 0.717) is 28.2 Å². The van der Waals surface area contributed by atoms with Gasteiger partial charge in [-0.2, -0.15) is 8.42 Å². The molecule has 0 amide bonds. The van der Waals surface area contributed by atoms with E-state index in [-0.39, 0.29) is 4.90 Å². The molecule has 0 atom stereocenters. The monoisotopic (exact) mass is 416 g/mol. The second-order valence-corrected chi connectivity index (χ2v) is 9.51. The largest absolute Gasteiger partial charge is 0.367 e. The van der Waals surface area contributed by atoms with E-state index < -0.39 is 10.0 Å². The summed E-state index contributed by atoms with van der Waals surface area (Å²) in [6.07, 6.45) is 2.25. The fourth-order valence-electron chi connectivity index (χ4n) is 4.31. The van der Waals surface area contributed by atoms with Gasteiger partial charge in [-0.05, 0) is 43.2 Å². The Hall–Kier alpha value is -2.09. The smallest absolute Gasteiger partial charge is 0.286 e. The Morgan fingerprint density at radius 3 is 2.64 bits per heavy atom. The van der Waals surface area contributed by atoms with E-state index in [4.69, 9.17) is 11.6 Å². The summed E-state index contributed by atoms with van der Waals surface area (Å²) in [5.41, 5.74) is 2.15. The Morgan fingerprint density at radius 1 is 1.04 bits per heavy atom. The Bertz CT molecular complexity index is 1060. The molecular weight excluding hydrogens is 396 g/mol. The molecule has 2 bridgehead atoms. The number of benzene rings is 2. The maximum absolute atomic E-state index is 12.9. The first-order chi connectivity index (χ1) is 13.5. The van der Waals surface area contributed by atoms with Crippen LogP contribution < -0.4 is 10.2 Å². The van der Waals surface area contributed by atoms with Gasteiger partial charge in [-0.15, -0.1) is 4.40 Å². The fraction of sp³-hybridized carbons (Fsp3) is 0.350. The second kappa shape index (κ2) is 6.76. The molecule has 0 aromatic heterocycles. The predicted molar refractivity (Wildman–Crippen MR) is 112 cm³/mol. The molecule has 3 saturated heterocycles. The number of halogens is 1. The van der Waals surface area contributed by atoms with Crippen molar-refractivity contribution < 1.29 is 8.42 Å². The molecule has 0 spiro atoms. The number of sulfonamides is 1. The lowest BCUT2D eigenvalue weighted by atomic mass is 10.0. The van der Waals surface area contributed by atoms with Crippen molar-refractivity contribution in [3.8, 4) is 0 Å². The van der Waals surface area contributed by atoms with Crippen LogP contribution in [-0.4, -0.2) is 51.4 Å². The number of piperidine rings is 1. The van der Waals surface area contributed by atoms with Gasteiger partial charge in [0.05, 0.1) is 5.69 Å². The molecule has 6 rings (SSSR count). The van der Waals surface area contributed by atoms with Gasteiger partial charge in [0.1, 0.15) is 4.90 Å². The van der Waals surface area contributed by atoms with Crippen LogP contribution >= 0.6 is 11.6 Å². The van der Waals surface area contributed by atoms with Crippen molar-refractivity contribution in [2.75, 3.05) is 36.4 Å². The fourth-order valence-corrected chi connectivity index (χ4v) is 5.66. The minimum atomic E-state index is -3.79. The highest BCUT2D eigenvalue weighted by Crippen LogP contribution is 2.35. The van der Waals surface area contributed by atoms with E-state index in [9.17, 15) is 8.42 Å². The summed E-state index contributed by atoms with van der Waals surface area (Å²) in [4.78, 5) is 5.07. The molecule has 28 heavy (non-hydrogen) atoms. The SMILES string of the molecule is O=S1(=O)N=C(c2cccc(Cl)c2)Nc2ccc(N3CCN4CCC3CC4)cc21. The van der Waals surface area contributed by atoms with Gasteiger partial charge in [-0.1, -0.05) is 23.7 Å². The number of hydrogen-bond donors (Lipinski definition) is 1. The van der Waals surface area contributed by atoms with Crippen molar-refractivity contribution in [2.45, 2.75) is 23.8 Å². The van der Waals surface area contributed by atoms with Crippen molar-refractivity contribution in [3.63, 3.8) is 0 Å². The van der Waals surface area contributed by atoms with Crippen molar-refractivity contribution >= 4 is 38.8 Å². The highest BCUT2D eigenvalue weighted by molar-refractivity contribution is 7.90. The highest BCUT2D eigenvalue weighted by atomic mass is 35.5. The lowest BCUT2D eigenvalue weighted by Gasteiger charge is -2.33. The van der Waals surface area contributed by atoms with Crippen LogP contribution in [0.3, 0.4) is 0 Å². The highest BCUT2D eigenvalue weighted by Gasteiger charge is 2.31. The molecule has 0 radical (unpaired) electrons. The summed E-state index contributed by atoms with van der Waals surface area (Å²) in [5, 5.41) is 3.69. The Kier molecular flexibility index (Phi) is 4.34. The van der Waals surface area contributed by atoms with E-state index in [1.165, 1.54) is 0 Å². The van der Waals surface area contributed by atoms with Gasteiger partial charge in [0.2, 0.25) is 0 Å². The Labute approximate surface area is 169 Å². The molecule has 1 N–H and O–H groups in total. The number of hydrogen-bond acceptors (Lipinski definition) is 5. The molecule has 0 saturated carbocycles. The molecule has 4 heterocycles. The maximum atomic E-state index is 12.9. The molecule has 0 unspecified atom stereocenters. The molecule has 6 nitrogen and oxygen atoms in total. The first-order valence-corrected chi connectivity index (χ1v) is 11.3. The number of amidine groups is 1. The predicted octanol–water partition coefficient (Wildman–Crippen LogP) is 3.19. The number of nitrogens with one attached hydrogen (secondary N) is 1. The third-order valence-corrected chi connectivity index (χ3v) is 7.34. The van der Waals surface area contributed by atoms with Crippen molar-refractivity contribution in [3.05, 3.63) is 53.1 Å².